The van der Waals surface area contributed by atoms with Crippen molar-refractivity contribution in [1.82, 2.24) is 0 Å². The van der Waals surface area contributed by atoms with Gasteiger partial charge in [-0.05, 0) is 30.2 Å². The minimum Gasteiger partial charge on any atom is -0.497 e. The van der Waals surface area contributed by atoms with Crippen LogP contribution in [0.3, 0.4) is 0 Å². The van der Waals surface area contributed by atoms with Crippen molar-refractivity contribution >= 4 is 11.9 Å². The van der Waals surface area contributed by atoms with Crippen molar-refractivity contribution < 1.29 is 28.2 Å². The third-order valence-corrected chi connectivity index (χ3v) is 4.67. The van der Waals surface area contributed by atoms with Gasteiger partial charge in [0.1, 0.15) is 23.1 Å². The Hall–Kier alpha value is -2.89. The van der Waals surface area contributed by atoms with Crippen LogP contribution in [0.2, 0.25) is 0 Å². The largest absolute Gasteiger partial charge is 0.497 e. The van der Waals surface area contributed by atoms with E-state index >= 15 is 0 Å². The molecule has 26 heavy (non-hydrogen) atoms. The molecular weight excluding hydrogens is 339 g/mol. The average Bonchev–Trinajstić information content (AvgIpc) is 2.99. The van der Waals surface area contributed by atoms with Crippen LogP contribution in [0.1, 0.15) is 23.7 Å². The van der Waals surface area contributed by atoms with Gasteiger partial charge in [0.15, 0.2) is 0 Å². The van der Waals surface area contributed by atoms with Gasteiger partial charge in [0, 0.05) is 5.56 Å². The van der Waals surface area contributed by atoms with Crippen molar-refractivity contribution in [2.45, 2.75) is 18.9 Å². The van der Waals surface area contributed by atoms with Gasteiger partial charge in [-0.1, -0.05) is 30.3 Å². The summed E-state index contributed by atoms with van der Waals surface area (Å²) in [7, 11) is 2.81. The molecule has 1 fully saturated rings. The quantitative estimate of drug-likeness (QED) is 0.768. The molecule has 2 unspecified atom stereocenters. The van der Waals surface area contributed by atoms with E-state index in [1.807, 2.05) is 0 Å². The predicted molar refractivity (Wildman–Crippen MR) is 91.0 cm³/mol. The summed E-state index contributed by atoms with van der Waals surface area (Å²) in [6.07, 6.45) is -1.05. The van der Waals surface area contributed by atoms with Gasteiger partial charge in [0.25, 0.3) is 0 Å². The number of halogens is 1. The van der Waals surface area contributed by atoms with Crippen LogP contribution in [0.4, 0.5) is 4.39 Å². The second-order valence-corrected chi connectivity index (χ2v) is 6.24. The van der Waals surface area contributed by atoms with Crippen LogP contribution in [0.15, 0.2) is 48.5 Å². The Labute approximate surface area is 150 Å². The fourth-order valence-electron chi connectivity index (χ4n) is 3.40. The molecule has 0 saturated carbocycles. The standard InChI is InChI=1S/C20H19FO5/c1-24-14-9-7-13(8-10-14)11-20(19(23)25-2)12-17(22)26-18(20)15-5-3-4-6-16(15)21/h3-10,18H,11-12H2,1-2H3. The van der Waals surface area contributed by atoms with Crippen molar-refractivity contribution in [3.05, 3.63) is 65.5 Å². The van der Waals surface area contributed by atoms with E-state index in [1.165, 1.54) is 19.2 Å². The number of ether oxygens (including phenoxy) is 3. The normalized spacial score (nSPS) is 22.0. The molecule has 0 aliphatic carbocycles. The summed E-state index contributed by atoms with van der Waals surface area (Å²) in [5.74, 6) is -1.02. The van der Waals surface area contributed by atoms with Crippen molar-refractivity contribution in [2.75, 3.05) is 14.2 Å². The zero-order chi connectivity index (χ0) is 18.7. The van der Waals surface area contributed by atoms with Crippen molar-refractivity contribution in [1.29, 1.82) is 0 Å². The van der Waals surface area contributed by atoms with Crippen molar-refractivity contribution in [3.63, 3.8) is 0 Å². The maximum Gasteiger partial charge on any atom is 0.316 e. The molecular formula is C20H19FO5. The molecule has 6 heteroatoms. The average molecular weight is 358 g/mol. The lowest BCUT2D eigenvalue weighted by atomic mass is 9.73. The highest BCUT2D eigenvalue weighted by Crippen LogP contribution is 2.49. The Morgan fingerprint density at radius 2 is 1.88 bits per heavy atom. The molecule has 3 rings (SSSR count). The number of carbonyl (C=O) groups excluding carboxylic acids is 2. The maximum absolute atomic E-state index is 14.4. The molecule has 0 N–H and O–H groups in total. The summed E-state index contributed by atoms with van der Waals surface area (Å²) >= 11 is 0. The van der Waals surface area contributed by atoms with Gasteiger partial charge in [0.2, 0.25) is 0 Å². The lowest BCUT2D eigenvalue weighted by Crippen LogP contribution is -2.38. The van der Waals surface area contributed by atoms with E-state index in [9.17, 15) is 14.0 Å². The monoisotopic (exact) mass is 358 g/mol. The molecule has 0 amide bonds. The minimum absolute atomic E-state index is 0.164. The molecule has 136 valence electrons. The first-order chi connectivity index (χ1) is 12.5. The van der Waals surface area contributed by atoms with Crippen molar-refractivity contribution in [2.24, 2.45) is 5.41 Å². The summed E-state index contributed by atoms with van der Waals surface area (Å²) in [6.45, 7) is 0. The van der Waals surface area contributed by atoms with Crippen LogP contribution in [0.25, 0.3) is 0 Å². The van der Waals surface area contributed by atoms with Crippen LogP contribution in [0, 0.1) is 11.2 Å². The summed E-state index contributed by atoms with van der Waals surface area (Å²) < 4.78 is 29.8. The first-order valence-electron chi connectivity index (χ1n) is 8.15. The predicted octanol–water partition coefficient (Wildman–Crippen LogP) is 3.22. The summed E-state index contributed by atoms with van der Waals surface area (Å²) in [6, 6.07) is 13.1. The Morgan fingerprint density at radius 1 is 1.19 bits per heavy atom. The van der Waals surface area contributed by atoms with Crippen LogP contribution in [-0.4, -0.2) is 26.2 Å². The third-order valence-electron chi connectivity index (χ3n) is 4.67. The second-order valence-electron chi connectivity index (χ2n) is 6.24. The number of benzene rings is 2. The molecule has 5 nitrogen and oxygen atoms in total. The topological polar surface area (TPSA) is 61.8 Å². The molecule has 0 aromatic heterocycles. The SMILES string of the molecule is COC(=O)C1(Cc2ccc(OC)cc2)CC(=O)OC1c1ccccc1F. The second kappa shape index (κ2) is 7.15. The highest BCUT2D eigenvalue weighted by Gasteiger charge is 2.57. The number of methoxy groups -OCH3 is 2. The first kappa shape index (κ1) is 17.9. The molecule has 2 aromatic carbocycles. The lowest BCUT2D eigenvalue weighted by Gasteiger charge is -2.30. The number of hydrogen-bond acceptors (Lipinski definition) is 5. The van der Waals surface area contributed by atoms with Gasteiger partial charge in [-0.2, -0.15) is 0 Å². The number of hydrogen-bond donors (Lipinski definition) is 0. The van der Waals surface area contributed by atoms with E-state index < -0.39 is 29.3 Å². The van der Waals surface area contributed by atoms with E-state index in [-0.39, 0.29) is 18.4 Å². The lowest BCUT2D eigenvalue weighted by molar-refractivity contribution is -0.157. The van der Waals surface area contributed by atoms with Gasteiger partial charge < -0.3 is 14.2 Å². The first-order valence-corrected chi connectivity index (χ1v) is 8.15. The van der Waals surface area contributed by atoms with Gasteiger partial charge in [-0.15, -0.1) is 0 Å². The zero-order valence-electron chi connectivity index (χ0n) is 14.5. The number of esters is 2. The molecule has 1 aliphatic heterocycles. The summed E-state index contributed by atoms with van der Waals surface area (Å²) in [5, 5.41) is 0. The van der Waals surface area contributed by atoms with Gasteiger partial charge in [0.05, 0.1) is 20.6 Å². The van der Waals surface area contributed by atoms with Gasteiger partial charge in [-0.25, -0.2) is 4.39 Å². The fraction of sp³-hybridized carbons (Fsp3) is 0.300. The molecule has 0 radical (unpaired) electrons. The van der Waals surface area contributed by atoms with E-state index in [1.54, 1.807) is 43.5 Å². The van der Waals surface area contributed by atoms with Crippen LogP contribution in [-0.2, 0) is 25.5 Å². The smallest absolute Gasteiger partial charge is 0.316 e. The van der Waals surface area contributed by atoms with Crippen LogP contribution < -0.4 is 4.74 Å². The van der Waals surface area contributed by atoms with Crippen LogP contribution in [0.5, 0.6) is 5.75 Å². The molecule has 0 bridgehead atoms. The van der Waals surface area contributed by atoms with E-state index in [2.05, 4.69) is 0 Å². The highest BCUT2D eigenvalue weighted by molar-refractivity contribution is 5.88. The Balaban J connectivity index is 2.05. The van der Waals surface area contributed by atoms with Crippen LogP contribution >= 0.6 is 0 Å². The molecule has 0 spiro atoms. The number of cyclic esters (lactones) is 1. The number of rotatable bonds is 5. The summed E-state index contributed by atoms with van der Waals surface area (Å²) in [4.78, 5) is 24.8. The third kappa shape index (κ3) is 3.14. The fourth-order valence-corrected chi connectivity index (χ4v) is 3.40. The molecule has 1 heterocycles. The molecule has 1 aliphatic rings. The van der Waals surface area contributed by atoms with Gasteiger partial charge >= 0.3 is 11.9 Å². The van der Waals surface area contributed by atoms with E-state index in [0.29, 0.717) is 5.75 Å². The Kier molecular flexibility index (Phi) is 4.93. The Morgan fingerprint density at radius 3 is 2.50 bits per heavy atom. The van der Waals surface area contributed by atoms with Crippen molar-refractivity contribution in [3.8, 4) is 5.75 Å². The zero-order valence-corrected chi connectivity index (χ0v) is 14.5. The van der Waals surface area contributed by atoms with Gasteiger partial charge in [-0.3, -0.25) is 9.59 Å². The number of carbonyl (C=O) groups is 2. The van der Waals surface area contributed by atoms with E-state index in [4.69, 9.17) is 14.2 Å². The minimum atomic E-state index is -1.33. The van der Waals surface area contributed by atoms with E-state index in [0.717, 1.165) is 5.56 Å². The molecule has 2 aromatic rings. The maximum atomic E-state index is 14.4. The molecule has 2 atom stereocenters. The molecule has 1 saturated heterocycles. The summed E-state index contributed by atoms with van der Waals surface area (Å²) in [5.41, 5.74) is -0.379. The highest BCUT2D eigenvalue weighted by atomic mass is 19.1. The Bertz CT molecular complexity index is 817.